The number of phenolic OH excluding ortho intramolecular Hbond substituents is 1. The van der Waals surface area contributed by atoms with Crippen molar-refractivity contribution in [3.8, 4) is 5.75 Å². The molecule has 0 unspecified atom stereocenters. The molecule has 1 N–H and O–H groups in total. The molecule has 4 nitrogen and oxygen atoms in total. The molecule has 0 saturated carbocycles. The number of para-hydroxylation sites is 2. The summed E-state index contributed by atoms with van der Waals surface area (Å²) in [6, 6.07) is 10.8. The van der Waals surface area contributed by atoms with E-state index < -0.39 is 0 Å². The number of benzene rings is 2. The van der Waals surface area contributed by atoms with Crippen molar-refractivity contribution in [2.45, 2.75) is 0 Å². The molecule has 2 aromatic carbocycles. The predicted molar refractivity (Wildman–Crippen MR) is 86.1 cm³/mol. The molecule has 0 aliphatic rings. The maximum Gasteiger partial charge on any atom is 0.230 e. The summed E-state index contributed by atoms with van der Waals surface area (Å²) in [5.74, 6) is 0.482. The highest BCUT2D eigenvalue weighted by Gasteiger charge is 2.08. The second-order valence-electron chi connectivity index (χ2n) is 4.54. The molecular weight excluding hydrogens is 309 g/mol. The summed E-state index contributed by atoms with van der Waals surface area (Å²) in [4.78, 5) is 8.73. The zero-order chi connectivity index (χ0) is 15.0. The van der Waals surface area contributed by atoms with Gasteiger partial charge in [0, 0.05) is 23.8 Å². The van der Waals surface area contributed by atoms with Crippen molar-refractivity contribution >= 4 is 46.4 Å². The normalized spacial score (nSPS) is 11.6. The Hall–Kier alpha value is -2.04. The molecule has 1 heterocycles. The van der Waals surface area contributed by atoms with E-state index in [1.54, 1.807) is 6.07 Å². The molecule has 3 rings (SSSR count). The van der Waals surface area contributed by atoms with Gasteiger partial charge in [-0.05, 0) is 24.3 Å². The number of phenols is 1. The molecule has 0 spiro atoms. The lowest BCUT2D eigenvalue weighted by molar-refractivity contribution is 0.475. The molecule has 0 fully saturated rings. The van der Waals surface area contributed by atoms with E-state index in [4.69, 9.17) is 23.2 Å². The van der Waals surface area contributed by atoms with E-state index in [1.165, 1.54) is 12.3 Å². The molecule has 1 aromatic heterocycles. The fourth-order valence-corrected chi connectivity index (χ4v) is 2.57. The Morgan fingerprint density at radius 1 is 1.24 bits per heavy atom. The molecule has 3 aromatic rings. The Balaban J connectivity index is 2.04. The third-order valence-electron chi connectivity index (χ3n) is 3.14. The molecule has 0 atom stereocenters. The Bertz CT molecular complexity index is 855. The highest BCUT2D eigenvalue weighted by molar-refractivity contribution is 6.36. The van der Waals surface area contributed by atoms with E-state index in [-0.39, 0.29) is 10.8 Å². The summed E-state index contributed by atoms with van der Waals surface area (Å²) in [6.07, 6.45) is 1.49. The van der Waals surface area contributed by atoms with Crippen molar-refractivity contribution in [3.05, 3.63) is 52.0 Å². The second-order valence-corrected chi connectivity index (χ2v) is 5.39. The molecule has 6 heteroatoms. The molecule has 0 bridgehead atoms. The maximum atomic E-state index is 9.90. The summed E-state index contributed by atoms with van der Waals surface area (Å²) >= 11 is 11.8. The Kier molecular flexibility index (Phi) is 3.57. The summed E-state index contributed by atoms with van der Waals surface area (Å²) in [6.45, 7) is 0. The smallest absolute Gasteiger partial charge is 0.230 e. The summed E-state index contributed by atoms with van der Waals surface area (Å²) < 4.78 is 1.87. The number of fused-ring (bicyclic) bond motifs is 1. The number of nitrogens with zero attached hydrogens (tertiary/aromatic N) is 3. The second kappa shape index (κ2) is 5.39. The van der Waals surface area contributed by atoms with Gasteiger partial charge in [-0.3, -0.25) is 0 Å². The average molecular weight is 320 g/mol. The summed E-state index contributed by atoms with van der Waals surface area (Å²) in [7, 11) is 1.88. The SMILES string of the molecule is Cn1c(N=Cc2cc(Cl)cc(Cl)c2O)nc2ccccc21. The molecule has 0 aliphatic heterocycles. The lowest BCUT2D eigenvalue weighted by atomic mass is 10.2. The Labute approximate surface area is 131 Å². The zero-order valence-corrected chi connectivity index (χ0v) is 12.6. The van der Waals surface area contributed by atoms with Crippen LogP contribution in [0.3, 0.4) is 0 Å². The highest BCUT2D eigenvalue weighted by Crippen LogP contribution is 2.30. The van der Waals surface area contributed by atoms with Gasteiger partial charge in [0.05, 0.1) is 16.1 Å². The van der Waals surface area contributed by atoms with Crippen molar-refractivity contribution in [1.29, 1.82) is 0 Å². The van der Waals surface area contributed by atoms with Crippen molar-refractivity contribution in [1.82, 2.24) is 9.55 Å². The minimum absolute atomic E-state index is 0.0522. The molecule has 106 valence electrons. The highest BCUT2D eigenvalue weighted by atomic mass is 35.5. The van der Waals surface area contributed by atoms with E-state index in [2.05, 4.69) is 9.98 Å². The molecule has 0 radical (unpaired) electrons. The number of aryl methyl sites for hydroxylation is 1. The Morgan fingerprint density at radius 3 is 2.76 bits per heavy atom. The van der Waals surface area contributed by atoms with Gasteiger partial charge in [-0.2, -0.15) is 0 Å². The fourth-order valence-electron chi connectivity index (χ4n) is 2.06. The van der Waals surface area contributed by atoms with Crippen LogP contribution in [0.25, 0.3) is 11.0 Å². The van der Waals surface area contributed by atoms with Crippen LogP contribution in [0.1, 0.15) is 5.56 Å². The lowest BCUT2D eigenvalue weighted by Crippen LogP contribution is -1.88. The van der Waals surface area contributed by atoms with Crippen LogP contribution in [-0.4, -0.2) is 20.9 Å². The number of hydrogen-bond donors (Lipinski definition) is 1. The number of aliphatic imine (C=N–C) groups is 1. The standard InChI is InChI=1S/C15H11Cl2N3O/c1-20-13-5-3-2-4-12(13)19-15(20)18-8-9-6-10(16)7-11(17)14(9)21/h2-8,21H,1H3. The number of imidazole rings is 1. The van der Waals surface area contributed by atoms with Gasteiger partial charge in [0.25, 0.3) is 0 Å². The molecule has 0 aliphatic carbocycles. The van der Waals surface area contributed by atoms with Crippen molar-refractivity contribution in [2.75, 3.05) is 0 Å². The van der Waals surface area contributed by atoms with Gasteiger partial charge in [-0.25, -0.2) is 9.98 Å². The quantitative estimate of drug-likeness (QED) is 0.714. The topological polar surface area (TPSA) is 50.4 Å². The minimum Gasteiger partial charge on any atom is -0.506 e. The maximum absolute atomic E-state index is 9.90. The summed E-state index contributed by atoms with van der Waals surface area (Å²) in [5.41, 5.74) is 2.29. The lowest BCUT2D eigenvalue weighted by Gasteiger charge is -2.02. The van der Waals surface area contributed by atoms with E-state index in [9.17, 15) is 5.11 Å². The van der Waals surface area contributed by atoms with Crippen molar-refractivity contribution in [2.24, 2.45) is 12.0 Å². The first-order valence-electron chi connectivity index (χ1n) is 6.20. The summed E-state index contributed by atoms with van der Waals surface area (Å²) in [5, 5.41) is 10.5. The molecule has 0 amide bonds. The van der Waals surface area contributed by atoms with Gasteiger partial charge in [0.1, 0.15) is 5.75 Å². The van der Waals surface area contributed by atoms with Crippen LogP contribution in [-0.2, 0) is 7.05 Å². The predicted octanol–water partition coefficient (Wildman–Crippen LogP) is 4.34. The van der Waals surface area contributed by atoms with Gasteiger partial charge in [-0.15, -0.1) is 0 Å². The van der Waals surface area contributed by atoms with Crippen LogP contribution in [0.2, 0.25) is 10.0 Å². The fraction of sp³-hybridized carbons (Fsp3) is 0.0667. The minimum atomic E-state index is -0.0522. The number of rotatable bonds is 2. The van der Waals surface area contributed by atoms with Crippen molar-refractivity contribution < 1.29 is 5.11 Å². The monoisotopic (exact) mass is 319 g/mol. The van der Waals surface area contributed by atoms with Crippen molar-refractivity contribution in [3.63, 3.8) is 0 Å². The van der Waals surface area contributed by atoms with E-state index in [1.807, 2.05) is 35.9 Å². The van der Waals surface area contributed by atoms with Crippen LogP contribution in [0, 0.1) is 0 Å². The molecule has 21 heavy (non-hydrogen) atoms. The van der Waals surface area contributed by atoms with Gasteiger partial charge >= 0.3 is 0 Å². The first-order valence-corrected chi connectivity index (χ1v) is 6.95. The van der Waals surface area contributed by atoms with E-state index in [0.717, 1.165) is 11.0 Å². The molecule has 0 saturated heterocycles. The number of halogens is 2. The first-order chi connectivity index (χ1) is 10.1. The third kappa shape index (κ3) is 2.60. The molecular formula is C15H11Cl2N3O. The average Bonchev–Trinajstić information content (AvgIpc) is 2.78. The Morgan fingerprint density at radius 2 is 2.00 bits per heavy atom. The number of aromatic nitrogens is 2. The van der Waals surface area contributed by atoms with Crippen LogP contribution < -0.4 is 0 Å². The van der Waals surface area contributed by atoms with Gasteiger partial charge in [0.15, 0.2) is 0 Å². The van der Waals surface area contributed by atoms with Crippen LogP contribution in [0.4, 0.5) is 5.95 Å². The number of aromatic hydroxyl groups is 1. The van der Waals surface area contributed by atoms with Crippen LogP contribution >= 0.6 is 23.2 Å². The zero-order valence-electron chi connectivity index (χ0n) is 11.1. The van der Waals surface area contributed by atoms with Gasteiger partial charge in [-0.1, -0.05) is 35.3 Å². The van der Waals surface area contributed by atoms with E-state index in [0.29, 0.717) is 16.5 Å². The van der Waals surface area contributed by atoms with Gasteiger partial charge in [0.2, 0.25) is 5.95 Å². The largest absolute Gasteiger partial charge is 0.506 e. The van der Waals surface area contributed by atoms with E-state index >= 15 is 0 Å². The first kappa shape index (κ1) is 13.9. The third-order valence-corrected chi connectivity index (χ3v) is 3.65. The number of hydrogen-bond acceptors (Lipinski definition) is 3. The van der Waals surface area contributed by atoms with Crippen LogP contribution in [0.15, 0.2) is 41.4 Å². The van der Waals surface area contributed by atoms with Gasteiger partial charge < -0.3 is 9.67 Å². The van der Waals surface area contributed by atoms with Crippen LogP contribution in [0.5, 0.6) is 5.75 Å².